The molecule has 0 heterocycles. The summed E-state index contributed by atoms with van der Waals surface area (Å²) in [5, 5.41) is 2.70. The third kappa shape index (κ3) is 4.15. The van der Waals surface area contributed by atoms with E-state index in [0.717, 1.165) is 6.42 Å². The average Bonchev–Trinajstić information content (AvgIpc) is 3.22. The van der Waals surface area contributed by atoms with Gasteiger partial charge >= 0.3 is 5.97 Å². The van der Waals surface area contributed by atoms with E-state index >= 15 is 0 Å². The molecule has 1 aliphatic rings. The number of benzene rings is 1. The van der Waals surface area contributed by atoms with Crippen molar-refractivity contribution < 1.29 is 19.1 Å². The van der Waals surface area contributed by atoms with Gasteiger partial charge in [-0.2, -0.15) is 0 Å². The van der Waals surface area contributed by atoms with Crippen molar-refractivity contribution in [1.82, 2.24) is 0 Å². The van der Waals surface area contributed by atoms with E-state index in [1.54, 1.807) is 31.2 Å². The van der Waals surface area contributed by atoms with Crippen LogP contribution in [0.1, 0.15) is 37.0 Å². The van der Waals surface area contributed by atoms with E-state index in [-0.39, 0.29) is 30.2 Å². The summed E-state index contributed by atoms with van der Waals surface area (Å²) in [4.78, 5) is 34.7. The number of ether oxygens (including phenoxy) is 1. The molecular weight excluding hydrogens is 270 g/mol. The number of carbonyl (C=O) groups excluding carboxylic acids is 3. The van der Waals surface area contributed by atoms with Crippen LogP contribution < -0.4 is 5.32 Å². The number of ketones is 1. The molecule has 0 unspecified atom stereocenters. The van der Waals surface area contributed by atoms with Crippen molar-refractivity contribution in [3.05, 3.63) is 29.8 Å². The summed E-state index contributed by atoms with van der Waals surface area (Å²) in [6, 6.07) is 6.54. The number of rotatable bonds is 6. The molecule has 1 N–H and O–H groups in total. The highest BCUT2D eigenvalue weighted by molar-refractivity contribution is 5.99. The third-order valence-electron chi connectivity index (χ3n) is 3.57. The number of esters is 1. The molecule has 0 aromatic heterocycles. The van der Waals surface area contributed by atoms with Crippen LogP contribution in [-0.4, -0.2) is 24.3 Å². The number of hydrogen-bond donors (Lipinski definition) is 1. The van der Waals surface area contributed by atoms with Crippen LogP contribution >= 0.6 is 0 Å². The topological polar surface area (TPSA) is 72.5 Å². The van der Waals surface area contributed by atoms with E-state index in [1.807, 2.05) is 6.92 Å². The van der Waals surface area contributed by atoms with Crippen molar-refractivity contribution in [3.63, 3.8) is 0 Å². The van der Waals surface area contributed by atoms with Crippen molar-refractivity contribution in [2.75, 3.05) is 11.9 Å². The van der Waals surface area contributed by atoms with Crippen LogP contribution in [0.2, 0.25) is 0 Å². The number of hydrogen-bond acceptors (Lipinski definition) is 4. The molecule has 1 aliphatic carbocycles. The Balaban J connectivity index is 1.84. The fourth-order valence-corrected chi connectivity index (χ4v) is 1.97. The Labute approximate surface area is 123 Å². The quantitative estimate of drug-likeness (QED) is 0.645. The molecule has 1 aromatic carbocycles. The van der Waals surface area contributed by atoms with Gasteiger partial charge in [0.1, 0.15) is 0 Å². The van der Waals surface area contributed by atoms with Crippen LogP contribution in [-0.2, 0) is 14.3 Å². The van der Waals surface area contributed by atoms with Crippen molar-refractivity contribution in [2.24, 2.45) is 11.8 Å². The van der Waals surface area contributed by atoms with E-state index in [4.69, 9.17) is 4.74 Å². The third-order valence-corrected chi connectivity index (χ3v) is 3.57. The SMILES string of the molecule is CCC(=O)Nc1ccc(C(=O)COC(=O)[C@H]2C[C@@H]2C)cc1. The lowest BCUT2D eigenvalue weighted by Gasteiger charge is -2.06. The highest BCUT2D eigenvalue weighted by Crippen LogP contribution is 2.38. The highest BCUT2D eigenvalue weighted by atomic mass is 16.5. The molecule has 0 bridgehead atoms. The summed E-state index contributed by atoms with van der Waals surface area (Å²) in [6.07, 6.45) is 1.25. The van der Waals surface area contributed by atoms with Crippen molar-refractivity contribution >= 4 is 23.3 Å². The molecule has 1 amide bonds. The molecule has 2 atom stereocenters. The fraction of sp³-hybridized carbons (Fsp3) is 0.438. The lowest BCUT2D eigenvalue weighted by molar-refractivity contribution is -0.144. The molecule has 0 spiro atoms. The molecule has 0 aliphatic heterocycles. The average molecular weight is 289 g/mol. The minimum Gasteiger partial charge on any atom is -0.457 e. The first-order valence-electron chi connectivity index (χ1n) is 7.11. The number of anilines is 1. The standard InChI is InChI=1S/C16H19NO4/c1-3-15(19)17-12-6-4-11(5-7-12)14(18)9-21-16(20)13-8-10(13)2/h4-7,10,13H,3,8-9H2,1-2H3,(H,17,19)/t10-,13-/m0/s1. The predicted octanol–water partition coefficient (Wildman–Crippen LogP) is 2.42. The fourth-order valence-electron chi connectivity index (χ4n) is 1.97. The maximum Gasteiger partial charge on any atom is 0.309 e. The van der Waals surface area contributed by atoms with Crippen LogP contribution in [0.4, 0.5) is 5.69 Å². The summed E-state index contributed by atoms with van der Waals surface area (Å²) >= 11 is 0. The molecule has 112 valence electrons. The first kappa shape index (κ1) is 15.2. The van der Waals surface area contributed by atoms with Gasteiger partial charge in [-0.25, -0.2) is 0 Å². The summed E-state index contributed by atoms with van der Waals surface area (Å²) in [6.45, 7) is 3.52. The van der Waals surface area contributed by atoms with E-state index in [9.17, 15) is 14.4 Å². The molecule has 0 radical (unpaired) electrons. The van der Waals surface area contributed by atoms with Crippen LogP contribution in [0.15, 0.2) is 24.3 Å². The van der Waals surface area contributed by atoms with E-state index in [0.29, 0.717) is 23.6 Å². The Morgan fingerprint density at radius 1 is 1.24 bits per heavy atom. The van der Waals surface area contributed by atoms with Crippen molar-refractivity contribution in [3.8, 4) is 0 Å². The molecule has 1 saturated carbocycles. The maximum absolute atomic E-state index is 11.9. The van der Waals surface area contributed by atoms with Crippen LogP contribution in [0.3, 0.4) is 0 Å². The summed E-state index contributed by atoms with van der Waals surface area (Å²) < 4.78 is 5.01. The smallest absolute Gasteiger partial charge is 0.309 e. The highest BCUT2D eigenvalue weighted by Gasteiger charge is 2.40. The minimum absolute atomic E-state index is 0.0376. The van der Waals surface area contributed by atoms with Gasteiger partial charge in [-0.05, 0) is 36.6 Å². The van der Waals surface area contributed by atoms with E-state index in [1.165, 1.54) is 0 Å². The minimum atomic E-state index is -0.289. The second-order valence-electron chi connectivity index (χ2n) is 5.33. The number of carbonyl (C=O) groups is 3. The van der Waals surface area contributed by atoms with Crippen LogP contribution in [0, 0.1) is 11.8 Å². The predicted molar refractivity (Wildman–Crippen MR) is 77.9 cm³/mol. The second kappa shape index (κ2) is 6.52. The van der Waals surface area contributed by atoms with Crippen molar-refractivity contribution in [2.45, 2.75) is 26.7 Å². The zero-order valence-corrected chi connectivity index (χ0v) is 12.2. The first-order valence-corrected chi connectivity index (χ1v) is 7.11. The molecule has 0 saturated heterocycles. The number of Topliss-reactive ketones (excluding diaryl/α,β-unsaturated/α-hetero) is 1. The normalized spacial score (nSPS) is 19.7. The molecule has 1 fully saturated rings. The lowest BCUT2D eigenvalue weighted by atomic mass is 10.1. The maximum atomic E-state index is 11.9. The Bertz CT molecular complexity index is 550. The van der Waals surface area contributed by atoms with Gasteiger partial charge in [0.15, 0.2) is 12.4 Å². The largest absolute Gasteiger partial charge is 0.457 e. The molecular formula is C16H19NO4. The Kier molecular flexibility index (Phi) is 4.73. The number of nitrogens with one attached hydrogen (secondary N) is 1. The zero-order chi connectivity index (χ0) is 15.4. The zero-order valence-electron chi connectivity index (χ0n) is 12.2. The van der Waals surface area contributed by atoms with Gasteiger partial charge in [0.25, 0.3) is 0 Å². The van der Waals surface area contributed by atoms with E-state index in [2.05, 4.69) is 5.32 Å². The monoisotopic (exact) mass is 289 g/mol. The molecule has 21 heavy (non-hydrogen) atoms. The molecule has 1 aromatic rings. The van der Waals surface area contributed by atoms with Gasteiger partial charge in [0.05, 0.1) is 5.92 Å². The van der Waals surface area contributed by atoms with E-state index < -0.39 is 0 Å². The van der Waals surface area contributed by atoms with Gasteiger partial charge in [-0.3, -0.25) is 14.4 Å². The Morgan fingerprint density at radius 3 is 2.38 bits per heavy atom. The second-order valence-corrected chi connectivity index (χ2v) is 5.33. The Hall–Kier alpha value is -2.17. The van der Waals surface area contributed by atoms with Gasteiger partial charge in [-0.1, -0.05) is 13.8 Å². The van der Waals surface area contributed by atoms with Gasteiger partial charge < -0.3 is 10.1 Å². The molecule has 2 rings (SSSR count). The number of amides is 1. The van der Waals surface area contributed by atoms with Crippen LogP contribution in [0.5, 0.6) is 0 Å². The van der Waals surface area contributed by atoms with Gasteiger partial charge in [-0.15, -0.1) is 0 Å². The molecule has 5 nitrogen and oxygen atoms in total. The Morgan fingerprint density at radius 2 is 1.86 bits per heavy atom. The molecule has 5 heteroatoms. The van der Waals surface area contributed by atoms with Crippen LogP contribution in [0.25, 0.3) is 0 Å². The summed E-state index contributed by atoms with van der Waals surface area (Å²) in [7, 11) is 0. The lowest BCUT2D eigenvalue weighted by Crippen LogP contribution is -2.16. The summed E-state index contributed by atoms with van der Waals surface area (Å²) in [5.41, 5.74) is 1.10. The van der Waals surface area contributed by atoms with Crippen molar-refractivity contribution in [1.29, 1.82) is 0 Å². The van der Waals surface area contributed by atoms with Gasteiger partial charge in [0.2, 0.25) is 5.91 Å². The van der Waals surface area contributed by atoms with Gasteiger partial charge in [0, 0.05) is 17.7 Å². The summed E-state index contributed by atoms with van der Waals surface area (Å²) in [5.74, 6) is -0.284. The first-order chi connectivity index (χ1) is 10.0.